The van der Waals surface area contributed by atoms with Gasteiger partial charge in [-0.15, -0.1) is 0 Å². The predicted octanol–water partition coefficient (Wildman–Crippen LogP) is 2.60. The molecule has 1 heterocycles. The molecule has 0 aromatic heterocycles. The molecule has 8 heteroatoms. The van der Waals surface area contributed by atoms with Gasteiger partial charge in [-0.25, -0.2) is 0 Å². The number of hydrogen-bond acceptors (Lipinski definition) is 4. The number of rotatable bonds is 4. The molecule has 0 radical (unpaired) electrons. The normalized spacial score (nSPS) is 31.6. The minimum Gasteiger partial charge on any atom is -0.484 e. The van der Waals surface area contributed by atoms with Gasteiger partial charge >= 0.3 is 0 Å². The third-order valence-electron chi connectivity index (χ3n) is 6.35. The lowest BCUT2D eigenvalue weighted by Gasteiger charge is -2.22. The zero-order valence-electron chi connectivity index (χ0n) is 14.2. The fraction of sp³-hybridized carbons (Fsp3) is 0.421. The molecule has 5 rings (SSSR count). The summed E-state index contributed by atoms with van der Waals surface area (Å²) in [6.07, 6.45) is 6.32. The first-order valence-electron chi connectivity index (χ1n) is 8.86. The number of hydrazine groups is 1. The highest BCUT2D eigenvalue weighted by molar-refractivity contribution is 6.42. The molecule has 1 saturated heterocycles. The van der Waals surface area contributed by atoms with Crippen LogP contribution in [-0.2, 0) is 14.4 Å². The van der Waals surface area contributed by atoms with Crippen molar-refractivity contribution in [2.24, 2.45) is 29.1 Å². The number of carbonyl (C=O) groups excluding carboxylic acids is 3. The lowest BCUT2D eigenvalue weighted by molar-refractivity contribution is -0.150. The highest BCUT2D eigenvalue weighted by Crippen LogP contribution is 2.73. The van der Waals surface area contributed by atoms with Crippen molar-refractivity contribution < 1.29 is 19.1 Å². The van der Waals surface area contributed by atoms with Crippen molar-refractivity contribution in [3.63, 3.8) is 0 Å². The Bertz CT molecular complexity index is 877. The van der Waals surface area contributed by atoms with Gasteiger partial charge in [0.25, 0.3) is 17.7 Å². The maximum atomic E-state index is 12.8. The first-order valence-corrected chi connectivity index (χ1v) is 9.61. The molecule has 6 nitrogen and oxygen atoms in total. The van der Waals surface area contributed by atoms with Crippen molar-refractivity contribution >= 4 is 40.9 Å². The van der Waals surface area contributed by atoms with Gasteiger partial charge in [0.15, 0.2) is 6.61 Å². The van der Waals surface area contributed by atoms with Crippen LogP contribution in [0.1, 0.15) is 12.8 Å². The lowest BCUT2D eigenvalue weighted by atomic mass is 9.85. The van der Waals surface area contributed by atoms with Crippen LogP contribution in [0.2, 0.25) is 10.0 Å². The summed E-state index contributed by atoms with van der Waals surface area (Å²) in [5.74, 6) is -1.26. The second-order valence-corrected chi connectivity index (χ2v) is 8.45. The maximum absolute atomic E-state index is 12.8. The Hall–Kier alpha value is -2.05. The Morgan fingerprint density at radius 2 is 1.74 bits per heavy atom. The SMILES string of the molecule is O=C(COc1ccc(Cl)c(Cl)c1)NN1C(=O)[C@H]2[C@H](C1=O)[C@H]1C=C[C@H]2C12CC2. The van der Waals surface area contributed by atoms with Gasteiger partial charge in [-0.2, -0.15) is 5.01 Å². The number of hydrogen-bond donors (Lipinski definition) is 1. The Morgan fingerprint density at radius 1 is 1.11 bits per heavy atom. The number of halogens is 2. The second kappa shape index (κ2) is 5.72. The monoisotopic (exact) mass is 406 g/mol. The quantitative estimate of drug-likeness (QED) is 0.615. The summed E-state index contributed by atoms with van der Waals surface area (Å²) in [5, 5.41) is 1.58. The molecule has 0 unspecified atom stereocenters. The lowest BCUT2D eigenvalue weighted by Crippen LogP contribution is -2.49. The zero-order valence-corrected chi connectivity index (χ0v) is 15.7. The number of allylic oxidation sites excluding steroid dienone is 2. The van der Waals surface area contributed by atoms with Crippen LogP contribution in [-0.4, -0.2) is 29.3 Å². The molecule has 140 valence electrons. The first-order chi connectivity index (χ1) is 12.9. The summed E-state index contributed by atoms with van der Waals surface area (Å²) < 4.78 is 5.36. The second-order valence-electron chi connectivity index (χ2n) is 7.63. The minimum absolute atomic E-state index is 0.123. The van der Waals surface area contributed by atoms with Crippen LogP contribution in [0.25, 0.3) is 0 Å². The smallest absolute Gasteiger partial charge is 0.276 e. The van der Waals surface area contributed by atoms with E-state index in [1.807, 2.05) is 0 Å². The minimum atomic E-state index is -0.579. The van der Waals surface area contributed by atoms with E-state index in [2.05, 4.69) is 17.6 Å². The molecule has 3 fully saturated rings. The largest absolute Gasteiger partial charge is 0.484 e. The number of ether oxygens (including phenoxy) is 1. The number of fused-ring (bicyclic) bond motifs is 3. The summed E-state index contributed by atoms with van der Waals surface area (Å²) in [6.45, 7) is -0.348. The maximum Gasteiger partial charge on any atom is 0.276 e. The number of amides is 3. The van der Waals surface area contributed by atoms with Crippen LogP contribution in [0.15, 0.2) is 30.4 Å². The Morgan fingerprint density at radius 3 is 2.30 bits per heavy atom. The standard InChI is InChI=1S/C19H16Cl2N2O4/c20-12-4-1-9(7-13(12)21)27-8-14(24)22-23-17(25)15-10-2-3-11(16(15)18(23)26)19(10)5-6-19/h1-4,7,10-11,15-16H,5-6,8H2,(H,22,24)/t10-,11-,15-,16-/m1/s1. The topological polar surface area (TPSA) is 75.7 Å². The molecule has 4 atom stereocenters. The summed E-state index contributed by atoms with van der Waals surface area (Å²) in [4.78, 5) is 37.8. The average molecular weight is 407 g/mol. The van der Waals surface area contributed by atoms with Gasteiger partial charge in [0.05, 0.1) is 21.9 Å². The molecule has 1 aromatic rings. The van der Waals surface area contributed by atoms with Crippen LogP contribution in [0.5, 0.6) is 5.75 Å². The van der Waals surface area contributed by atoms with Crippen LogP contribution in [0, 0.1) is 29.1 Å². The summed E-state index contributed by atoms with van der Waals surface area (Å²) >= 11 is 11.7. The van der Waals surface area contributed by atoms with Crippen LogP contribution in [0.4, 0.5) is 0 Å². The van der Waals surface area contributed by atoms with E-state index in [0.29, 0.717) is 15.8 Å². The van der Waals surface area contributed by atoms with Crippen LogP contribution >= 0.6 is 23.2 Å². The molecular formula is C19H16Cl2N2O4. The van der Waals surface area contributed by atoms with E-state index in [4.69, 9.17) is 27.9 Å². The van der Waals surface area contributed by atoms with E-state index in [0.717, 1.165) is 17.9 Å². The van der Waals surface area contributed by atoms with Crippen LogP contribution < -0.4 is 10.2 Å². The molecular weight excluding hydrogens is 391 g/mol. The van der Waals surface area contributed by atoms with Crippen LogP contribution in [0.3, 0.4) is 0 Å². The van der Waals surface area contributed by atoms with E-state index in [1.54, 1.807) is 12.1 Å². The molecule has 3 aliphatic carbocycles. The third-order valence-corrected chi connectivity index (χ3v) is 7.09. The van der Waals surface area contributed by atoms with Gasteiger partial charge in [-0.3, -0.25) is 19.8 Å². The van der Waals surface area contributed by atoms with Gasteiger partial charge in [0.1, 0.15) is 5.75 Å². The number of nitrogens with one attached hydrogen (secondary N) is 1. The molecule has 1 N–H and O–H groups in total. The fourth-order valence-electron chi connectivity index (χ4n) is 5.06. The van der Waals surface area contributed by atoms with E-state index in [1.165, 1.54) is 6.07 Å². The molecule has 1 aliphatic heterocycles. The number of carbonyl (C=O) groups is 3. The molecule has 27 heavy (non-hydrogen) atoms. The molecule has 4 aliphatic rings. The van der Waals surface area contributed by atoms with Crippen molar-refractivity contribution in [3.05, 3.63) is 40.4 Å². The highest BCUT2D eigenvalue weighted by Gasteiger charge is 2.73. The molecule has 1 spiro atoms. The van der Waals surface area contributed by atoms with Gasteiger partial charge < -0.3 is 4.74 Å². The van der Waals surface area contributed by atoms with Crippen molar-refractivity contribution in [1.82, 2.24) is 10.4 Å². The summed E-state index contributed by atoms with van der Waals surface area (Å²) in [7, 11) is 0. The molecule has 2 bridgehead atoms. The van der Waals surface area contributed by atoms with E-state index in [-0.39, 0.29) is 47.5 Å². The third kappa shape index (κ3) is 2.36. The van der Waals surface area contributed by atoms with E-state index in [9.17, 15) is 14.4 Å². The number of benzene rings is 1. The number of imide groups is 1. The van der Waals surface area contributed by atoms with Crippen molar-refractivity contribution in [1.29, 1.82) is 0 Å². The summed E-state index contributed by atoms with van der Waals surface area (Å²) in [5.41, 5.74) is 2.54. The van der Waals surface area contributed by atoms with Crippen molar-refractivity contribution in [2.45, 2.75) is 12.8 Å². The van der Waals surface area contributed by atoms with E-state index >= 15 is 0 Å². The molecule has 2 saturated carbocycles. The van der Waals surface area contributed by atoms with Gasteiger partial charge in [-0.1, -0.05) is 35.4 Å². The zero-order chi connectivity index (χ0) is 18.9. The van der Waals surface area contributed by atoms with Gasteiger partial charge in [0, 0.05) is 6.07 Å². The summed E-state index contributed by atoms with van der Waals surface area (Å²) in [6, 6.07) is 4.63. The average Bonchev–Trinajstić information content (AvgIpc) is 3.25. The Kier molecular flexibility index (Phi) is 3.62. The highest BCUT2D eigenvalue weighted by atomic mass is 35.5. The van der Waals surface area contributed by atoms with Crippen molar-refractivity contribution in [2.75, 3.05) is 6.61 Å². The Balaban J connectivity index is 1.24. The molecule has 3 amide bonds. The predicted molar refractivity (Wildman–Crippen MR) is 96.7 cm³/mol. The van der Waals surface area contributed by atoms with E-state index < -0.39 is 5.91 Å². The first kappa shape index (κ1) is 17.1. The fourth-order valence-corrected chi connectivity index (χ4v) is 5.35. The van der Waals surface area contributed by atoms with Crippen molar-refractivity contribution in [3.8, 4) is 5.75 Å². The Labute approximate surface area is 165 Å². The van der Waals surface area contributed by atoms with Gasteiger partial charge in [-0.05, 0) is 42.2 Å². The number of nitrogens with zero attached hydrogens (tertiary/aromatic N) is 1. The molecule has 1 aromatic carbocycles. The van der Waals surface area contributed by atoms with Gasteiger partial charge in [0.2, 0.25) is 0 Å².